The van der Waals surface area contributed by atoms with Crippen molar-refractivity contribution in [1.82, 2.24) is 14.9 Å². The molecule has 0 atom stereocenters. The van der Waals surface area contributed by atoms with Crippen molar-refractivity contribution in [2.24, 2.45) is 0 Å². The summed E-state index contributed by atoms with van der Waals surface area (Å²) in [6.07, 6.45) is 1.49. The van der Waals surface area contributed by atoms with E-state index in [-0.39, 0.29) is 5.69 Å². The molecule has 1 aliphatic heterocycles. The number of rotatable bonds is 8. The van der Waals surface area contributed by atoms with Crippen LogP contribution in [-0.2, 0) is 0 Å². The van der Waals surface area contributed by atoms with E-state index in [9.17, 15) is 4.79 Å². The van der Waals surface area contributed by atoms with Gasteiger partial charge in [0.05, 0.1) is 12.8 Å². The molecular weight excluding hydrogens is 394 g/mol. The molecule has 0 radical (unpaired) electrons. The lowest BCUT2D eigenvalue weighted by Gasteiger charge is -2.37. The Morgan fingerprint density at radius 3 is 2.69 bits per heavy atom. The van der Waals surface area contributed by atoms with Crippen molar-refractivity contribution in [3.8, 4) is 5.75 Å². The van der Waals surface area contributed by atoms with E-state index >= 15 is 0 Å². The van der Waals surface area contributed by atoms with E-state index in [2.05, 4.69) is 19.8 Å². The van der Waals surface area contributed by atoms with Crippen molar-refractivity contribution in [3.05, 3.63) is 41.2 Å². The van der Waals surface area contributed by atoms with Gasteiger partial charge in [-0.3, -0.25) is 4.90 Å². The number of anilines is 2. The number of aromatic carboxylic acids is 1. The molecule has 29 heavy (non-hydrogen) atoms. The van der Waals surface area contributed by atoms with E-state index in [4.69, 9.17) is 21.4 Å². The number of benzene rings is 1. The fourth-order valence-electron chi connectivity index (χ4n) is 3.40. The molecule has 0 spiro atoms. The van der Waals surface area contributed by atoms with E-state index in [1.165, 1.54) is 12.3 Å². The Hall–Kier alpha value is -2.58. The average Bonchev–Trinajstić information content (AvgIpc) is 2.75. The predicted molar refractivity (Wildman–Crippen MR) is 114 cm³/mol. The first-order valence-electron chi connectivity index (χ1n) is 9.64. The van der Waals surface area contributed by atoms with Crippen molar-refractivity contribution in [2.45, 2.75) is 6.92 Å². The number of nitrogens with zero attached hydrogens (tertiary/aromatic N) is 5. The summed E-state index contributed by atoms with van der Waals surface area (Å²) in [7, 11) is 1.67. The number of likely N-dealkylation sites (N-methyl/N-ethyl adjacent to an activating group) is 1. The predicted octanol–water partition coefficient (Wildman–Crippen LogP) is 2.49. The molecule has 0 aliphatic carbocycles. The molecule has 0 amide bonds. The number of aromatic nitrogens is 2. The molecule has 1 saturated heterocycles. The van der Waals surface area contributed by atoms with Crippen LogP contribution in [0.15, 0.2) is 30.5 Å². The Morgan fingerprint density at radius 2 is 2.03 bits per heavy atom. The van der Waals surface area contributed by atoms with Crippen molar-refractivity contribution in [3.63, 3.8) is 0 Å². The molecule has 1 aromatic heterocycles. The first-order chi connectivity index (χ1) is 14.0. The molecule has 0 saturated carbocycles. The number of halogens is 1. The smallest absolute Gasteiger partial charge is 0.354 e. The van der Waals surface area contributed by atoms with Gasteiger partial charge in [-0.05, 0) is 31.2 Å². The molecule has 0 unspecified atom stereocenters. The van der Waals surface area contributed by atoms with Crippen LogP contribution in [0.4, 0.5) is 11.6 Å². The first kappa shape index (κ1) is 21.1. The number of carbonyl (C=O) groups is 1. The minimum atomic E-state index is -1.04. The van der Waals surface area contributed by atoms with E-state index in [1.54, 1.807) is 7.11 Å². The molecule has 3 rings (SSSR count). The van der Waals surface area contributed by atoms with Crippen molar-refractivity contribution in [2.75, 3.05) is 62.7 Å². The van der Waals surface area contributed by atoms with Gasteiger partial charge in [0.25, 0.3) is 0 Å². The maximum absolute atomic E-state index is 11.1. The summed E-state index contributed by atoms with van der Waals surface area (Å²) in [5.74, 6) is 0.238. The van der Waals surface area contributed by atoms with Gasteiger partial charge >= 0.3 is 5.97 Å². The van der Waals surface area contributed by atoms with Gasteiger partial charge in [-0.2, -0.15) is 0 Å². The van der Waals surface area contributed by atoms with Gasteiger partial charge in [-0.15, -0.1) is 0 Å². The summed E-state index contributed by atoms with van der Waals surface area (Å²) in [5.41, 5.74) is 1.03. The Kier molecular flexibility index (Phi) is 7.11. The highest BCUT2D eigenvalue weighted by atomic mass is 35.5. The van der Waals surface area contributed by atoms with Crippen molar-refractivity contribution >= 4 is 29.2 Å². The van der Waals surface area contributed by atoms with Gasteiger partial charge in [-0.25, -0.2) is 14.8 Å². The van der Waals surface area contributed by atoms with Crippen LogP contribution in [0.5, 0.6) is 5.75 Å². The maximum Gasteiger partial charge on any atom is 0.354 e. The summed E-state index contributed by atoms with van der Waals surface area (Å²) < 4.78 is 5.47. The molecule has 2 heterocycles. The van der Waals surface area contributed by atoms with Crippen LogP contribution in [0, 0.1) is 0 Å². The monoisotopic (exact) mass is 419 g/mol. The SMILES string of the molecule is CCN(CCN1CCN(c2cc(Cl)ccc2OC)CC1)c1nccc(C(=O)O)n1. The lowest BCUT2D eigenvalue weighted by molar-refractivity contribution is 0.0690. The van der Waals surface area contributed by atoms with E-state index in [0.717, 1.165) is 50.7 Å². The molecule has 1 aliphatic rings. The Bertz CT molecular complexity index is 843. The minimum Gasteiger partial charge on any atom is -0.495 e. The zero-order valence-corrected chi connectivity index (χ0v) is 17.5. The van der Waals surface area contributed by atoms with Gasteiger partial charge in [0.1, 0.15) is 5.75 Å². The second-order valence-electron chi connectivity index (χ2n) is 6.77. The molecular formula is C20H26ClN5O3. The third kappa shape index (κ3) is 5.27. The highest BCUT2D eigenvalue weighted by molar-refractivity contribution is 6.30. The zero-order valence-electron chi connectivity index (χ0n) is 16.7. The highest BCUT2D eigenvalue weighted by Gasteiger charge is 2.21. The van der Waals surface area contributed by atoms with Crippen molar-refractivity contribution < 1.29 is 14.6 Å². The van der Waals surface area contributed by atoms with Crippen LogP contribution in [-0.4, -0.2) is 78.9 Å². The molecule has 0 bridgehead atoms. The van der Waals surface area contributed by atoms with Crippen molar-refractivity contribution in [1.29, 1.82) is 0 Å². The third-order valence-corrected chi connectivity index (χ3v) is 5.30. The second kappa shape index (κ2) is 9.76. The Labute approximate surface area is 175 Å². The van der Waals surface area contributed by atoms with Gasteiger partial charge in [0.2, 0.25) is 5.95 Å². The number of ether oxygens (including phenoxy) is 1. The van der Waals surface area contributed by atoms with E-state index in [0.29, 0.717) is 17.5 Å². The zero-order chi connectivity index (χ0) is 20.8. The van der Waals surface area contributed by atoms with Crippen LogP contribution in [0.2, 0.25) is 5.02 Å². The maximum atomic E-state index is 11.1. The summed E-state index contributed by atoms with van der Waals surface area (Å²) in [5, 5.41) is 9.83. The normalized spacial score (nSPS) is 14.7. The van der Waals surface area contributed by atoms with Gasteiger partial charge in [0.15, 0.2) is 5.69 Å². The summed E-state index contributed by atoms with van der Waals surface area (Å²) in [4.78, 5) is 26.2. The summed E-state index contributed by atoms with van der Waals surface area (Å²) in [6, 6.07) is 7.08. The van der Waals surface area contributed by atoms with Gasteiger partial charge in [0, 0.05) is 57.0 Å². The lowest BCUT2D eigenvalue weighted by Crippen LogP contribution is -2.48. The molecule has 9 heteroatoms. The number of carboxylic acid groups (broad SMARTS) is 1. The first-order valence-corrected chi connectivity index (χ1v) is 10.0. The van der Waals surface area contributed by atoms with Gasteiger partial charge in [-0.1, -0.05) is 11.6 Å². The highest BCUT2D eigenvalue weighted by Crippen LogP contribution is 2.31. The van der Waals surface area contributed by atoms with Crippen LogP contribution in [0.25, 0.3) is 0 Å². The fourth-order valence-corrected chi connectivity index (χ4v) is 3.57. The van der Waals surface area contributed by atoms with E-state index < -0.39 is 5.97 Å². The fraction of sp³-hybridized carbons (Fsp3) is 0.450. The Morgan fingerprint density at radius 1 is 1.28 bits per heavy atom. The third-order valence-electron chi connectivity index (χ3n) is 5.07. The van der Waals surface area contributed by atoms with Crippen LogP contribution < -0.4 is 14.5 Å². The minimum absolute atomic E-state index is 0.0116. The summed E-state index contributed by atoms with van der Waals surface area (Å²) >= 11 is 6.16. The number of carboxylic acids is 1. The largest absolute Gasteiger partial charge is 0.495 e. The number of methoxy groups -OCH3 is 1. The van der Waals surface area contributed by atoms with E-state index in [1.807, 2.05) is 30.0 Å². The lowest BCUT2D eigenvalue weighted by atomic mass is 10.2. The Balaban J connectivity index is 1.56. The van der Waals surface area contributed by atoms with Crippen LogP contribution >= 0.6 is 11.6 Å². The second-order valence-corrected chi connectivity index (χ2v) is 7.21. The van der Waals surface area contributed by atoms with Crippen LogP contribution in [0.3, 0.4) is 0 Å². The summed E-state index contributed by atoms with van der Waals surface area (Å²) in [6.45, 7) is 7.92. The average molecular weight is 420 g/mol. The quantitative estimate of drug-likeness (QED) is 0.698. The topological polar surface area (TPSA) is 82.0 Å². The molecule has 1 N–H and O–H groups in total. The number of piperazine rings is 1. The standard InChI is InChI=1S/C20H26ClN5O3/c1-3-25(20-22-7-6-16(23-20)19(27)28)11-8-24-9-12-26(13-10-24)17-14-15(21)4-5-18(17)29-2/h4-7,14H,3,8-13H2,1-2H3,(H,27,28). The van der Waals surface area contributed by atoms with Crippen LogP contribution in [0.1, 0.15) is 17.4 Å². The molecule has 1 aromatic carbocycles. The van der Waals surface area contributed by atoms with Gasteiger partial charge < -0.3 is 19.6 Å². The number of hydrogen-bond acceptors (Lipinski definition) is 7. The number of hydrogen-bond donors (Lipinski definition) is 1. The molecule has 2 aromatic rings. The molecule has 156 valence electrons. The molecule has 1 fully saturated rings. The molecule has 8 nitrogen and oxygen atoms in total.